The van der Waals surface area contributed by atoms with Crippen molar-refractivity contribution in [3.05, 3.63) is 42.5 Å². The van der Waals surface area contributed by atoms with E-state index >= 15 is 0 Å². The van der Waals surface area contributed by atoms with Crippen LogP contribution in [0.5, 0.6) is 5.75 Å². The zero-order valence-electron chi connectivity index (χ0n) is 9.77. The molecular formula is C13H17NO2. The Morgan fingerprint density at radius 3 is 2.56 bits per heavy atom. The van der Waals surface area contributed by atoms with Gasteiger partial charge in [-0.25, -0.2) is 0 Å². The van der Waals surface area contributed by atoms with Crippen molar-refractivity contribution in [1.82, 2.24) is 4.90 Å². The Balaban J connectivity index is 2.61. The lowest BCUT2D eigenvalue weighted by Crippen LogP contribution is -2.23. The predicted octanol–water partition coefficient (Wildman–Crippen LogP) is 2.23. The molecule has 0 aliphatic rings. The minimum absolute atomic E-state index is 0.0751. The van der Waals surface area contributed by atoms with Crippen LogP contribution in [0, 0.1) is 0 Å². The Morgan fingerprint density at radius 2 is 2.06 bits per heavy atom. The molecule has 0 radical (unpaired) electrons. The van der Waals surface area contributed by atoms with Crippen LogP contribution in [-0.2, 0) is 11.3 Å². The Bertz CT molecular complexity index is 357. The van der Waals surface area contributed by atoms with E-state index in [9.17, 15) is 4.79 Å². The summed E-state index contributed by atoms with van der Waals surface area (Å²) in [7, 11) is 1.75. The summed E-state index contributed by atoms with van der Waals surface area (Å²) < 4.78 is 5.34. The molecule has 3 nitrogen and oxygen atoms in total. The lowest BCUT2D eigenvalue weighted by atomic mass is 10.2. The Kier molecular flexibility index (Phi) is 4.58. The highest BCUT2D eigenvalue weighted by atomic mass is 16.5. The van der Waals surface area contributed by atoms with E-state index < -0.39 is 0 Å². The summed E-state index contributed by atoms with van der Waals surface area (Å²) in [5, 5.41) is 0. The van der Waals surface area contributed by atoms with E-state index in [0.717, 1.165) is 11.3 Å². The summed E-state index contributed by atoms with van der Waals surface area (Å²) in [6.07, 6.45) is 1.31. The lowest BCUT2D eigenvalue weighted by Gasteiger charge is -2.15. The summed E-state index contributed by atoms with van der Waals surface area (Å²) in [6, 6.07) is 7.73. The van der Waals surface area contributed by atoms with Gasteiger partial charge in [-0.2, -0.15) is 0 Å². The van der Waals surface area contributed by atoms with Crippen LogP contribution in [0.1, 0.15) is 12.5 Å². The lowest BCUT2D eigenvalue weighted by molar-refractivity contribution is -0.125. The molecule has 0 atom stereocenters. The zero-order valence-corrected chi connectivity index (χ0v) is 9.77. The van der Waals surface area contributed by atoms with Crippen LogP contribution in [-0.4, -0.2) is 24.5 Å². The molecule has 0 unspecified atom stereocenters. The minimum atomic E-state index is -0.0751. The van der Waals surface area contributed by atoms with Crippen LogP contribution < -0.4 is 4.74 Å². The van der Waals surface area contributed by atoms with Crippen LogP contribution in [0.25, 0.3) is 0 Å². The number of carbonyl (C=O) groups excluding carboxylic acids is 1. The van der Waals surface area contributed by atoms with Gasteiger partial charge in [0.1, 0.15) is 5.75 Å². The van der Waals surface area contributed by atoms with Gasteiger partial charge in [-0.15, -0.1) is 0 Å². The van der Waals surface area contributed by atoms with Crippen molar-refractivity contribution in [2.75, 3.05) is 13.7 Å². The Labute approximate surface area is 96.3 Å². The molecule has 0 saturated heterocycles. The normalized spacial score (nSPS) is 9.62. The molecule has 0 saturated carbocycles. The molecule has 0 aromatic heterocycles. The van der Waals surface area contributed by atoms with Gasteiger partial charge in [0.15, 0.2) is 0 Å². The molecule has 86 valence electrons. The molecule has 0 N–H and O–H groups in total. The third kappa shape index (κ3) is 3.42. The van der Waals surface area contributed by atoms with Crippen molar-refractivity contribution in [2.45, 2.75) is 13.5 Å². The van der Waals surface area contributed by atoms with E-state index in [-0.39, 0.29) is 5.91 Å². The van der Waals surface area contributed by atoms with Crippen LogP contribution in [0.15, 0.2) is 36.9 Å². The van der Waals surface area contributed by atoms with Crippen LogP contribution >= 0.6 is 0 Å². The largest absolute Gasteiger partial charge is 0.494 e. The number of rotatable bonds is 5. The standard InChI is InChI=1S/C13H17NO2/c1-4-13(15)14(3)10-11-6-8-12(9-7-11)16-5-2/h4,6-9H,1,5,10H2,2-3H3. The maximum absolute atomic E-state index is 11.3. The number of carbonyl (C=O) groups is 1. The Hall–Kier alpha value is -1.77. The Morgan fingerprint density at radius 1 is 1.44 bits per heavy atom. The monoisotopic (exact) mass is 219 g/mol. The molecule has 0 fully saturated rings. The first-order valence-electron chi connectivity index (χ1n) is 5.26. The highest BCUT2D eigenvalue weighted by Gasteiger charge is 2.04. The van der Waals surface area contributed by atoms with Crippen molar-refractivity contribution in [3.8, 4) is 5.75 Å². The molecular weight excluding hydrogens is 202 g/mol. The molecule has 1 aromatic rings. The molecule has 3 heteroatoms. The van der Waals surface area contributed by atoms with Gasteiger partial charge in [0.05, 0.1) is 6.61 Å². The maximum atomic E-state index is 11.3. The van der Waals surface area contributed by atoms with Gasteiger partial charge in [0.2, 0.25) is 5.91 Å². The van der Waals surface area contributed by atoms with Crippen molar-refractivity contribution in [3.63, 3.8) is 0 Å². The quantitative estimate of drug-likeness (QED) is 0.711. The van der Waals surface area contributed by atoms with Crippen LogP contribution in [0.3, 0.4) is 0 Å². The molecule has 0 aliphatic carbocycles. The van der Waals surface area contributed by atoms with E-state index in [0.29, 0.717) is 13.2 Å². The number of amides is 1. The number of hydrogen-bond donors (Lipinski definition) is 0. The summed E-state index contributed by atoms with van der Waals surface area (Å²) in [5.74, 6) is 0.776. The van der Waals surface area contributed by atoms with Crippen molar-refractivity contribution < 1.29 is 9.53 Å². The third-order valence-electron chi connectivity index (χ3n) is 2.20. The number of hydrogen-bond acceptors (Lipinski definition) is 2. The highest BCUT2D eigenvalue weighted by Crippen LogP contribution is 2.13. The SMILES string of the molecule is C=CC(=O)N(C)Cc1ccc(OCC)cc1. The molecule has 0 bridgehead atoms. The highest BCUT2D eigenvalue weighted by molar-refractivity contribution is 5.86. The number of ether oxygens (including phenoxy) is 1. The first-order chi connectivity index (χ1) is 7.67. The zero-order chi connectivity index (χ0) is 12.0. The summed E-state index contributed by atoms with van der Waals surface area (Å²) in [6.45, 7) is 6.64. The number of likely N-dealkylation sites (N-methyl/N-ethyl adjacent to an activating group) is 1. The second-order valence-electron chi connectivity index (χ2n) is 3.48. The van der Waals surface area contributed by atoms with Gasteiger partial charge >= 0.3 is 0 Å². The molecule has 1 aromatic carbocycles. The second-order valence-corrected chi connectivity index (χ2v) is 3.48. The second kappa shape index (κ2) is 5.95. The van der Waals surface area contributed by atoms with E-state index in [1.165, 1.54) is 6.08 Å². The van der Waals surface area contributed by atoms with E-state index in [2.05, 4.69) is 6.58 Å². The first kappa shape index (κ1) is 12.3. The first-order valence-corrected chi connectivity index (χ1v) is 5.26. The van der Waals surface area contributed by atoms with Crippen molar-refractivity contribution in [2.24, 2.45) is 0 Å². The molecule has 0 heterocycles. The topological polar surface area (TPSA) is 29.5 Å². The minimum Gasteiger partial charge on any atom is -0.494 e. The van der Waals surface area contributed by atoms with Gasteiger partial charge in [0, 0.05) is 13.6 Å². The van der Waals surface area contributed by atoms with E-state index in [1.54, 1.807) is 11.9 Å². The predicted molar refractivity (Wildman–Crippen MR) is 64.3 cm³/mol. The molecule has 0 aliphatic heterocycles. The fourth-order valence-corrected chi connectivity index (χ4v) is 1.37. The third-order valence-corrected chi connectivity index (χ3v) is 2.20. The van der Waals surface area contributed by atoms with Gasteiger partial charge in [-0.3, -0.25) is 4.79 Å². The molecule has 16 heavy (non-hydrogen) atoms. The van der Waals surface area contributed by atoms with Gasteiger partial charge in [-0.1, -0.05) is 18.7 Å². The summed E-state index contributed by atoms with van der Waals surface area (Å²) in [5.41, 5.74) is 1.07. The van der Waals surface area contributed by atoms with Gasteiger partial charge in [0.25, 0.3) is 0 Å². The van der Waals surface area contributed by atoms with Crippen molar-refractivity contribution in [1.29, 1.82) is 0 Å². The summed E-state index contributed by atoms with van der Waals surface area (Å²) in [4.78, 5) is 12.9. The molecule has 0 spiro atoms. The maximum Gasteiger partial charge on any atom is 0.245 e. The average molecular weight is 219 g/mol. The van der Waals surface area contributed by atoms with Crippen LogP contribution in [0.2, 0.25) is 0 Å². The number of benzene rings is 1. The van der Waals surface area contributed by atoms with Gasteiger partial charge in [-0.05, 0) is 30.7 Å². The average Bonchev–Trinajstić information content (AvgIpc) is 2.31. The smallest absolute Gasteiger partial charge is 0.245 e. The van der Waals surface area contributed by atoms with E-state index in [1.807, 2.05) is 31.2 Å². The molecule has 1 amide bonds. The fourth-order valence-electron chi connectivity index (χ4n) is 1.37. The summed E-state index contributed by atoms with van der Waals surface area (Å²) >= 11 is 0. The fraction of sp³-hybridized carbons (Fsp3) is 0.308. The number of nitrogens with zero attached hydrogens (tertiary/aromatic N) is 1. The van der Waals surface area contributed by atoms with E-state index in [4.69, 9.17) is 4.74 Å². The van der Waals surface area contributed by atoms with Crippen LogP contribution in [0.4, 0.5) is 0 Å². The van der Waals surface area contributed by atoms with Gasteiger partial charge < -0.3 is 9.64 Å². The molecule has 1 rings (SSSR count). The van der Waals surface area contributed by atoms with Crippen molar-refractivity contribution >= 4 is 5.91 Å².